The lowest BCUT2D eigenvalue weighted by Crippen LogP contribution is -2.30. The largest absolute Gasteiger partial charge is 0.497 e. The van der Waals surface area contributed by atoms with Crippen molar-refractivity contribution in [3.05, 3.63) is 58.6 Å². The molecule has 0 radical (unpaired) electrons. The lowest BCUT2D eigenvalue weighted by molar-refractivity contribution is -0.121. The van der Waals surface area contributed by atoms with Gasteiger partial charge in [0.05, 0.1) is 14.2 Å². The van der Waals surface area contributed by atoms with Gasteiger partial charge in [0.15, 0.2) is 0 Å². The third-order valence-electron chi connectivity index (χ3n) is 3.65. The second-order valence-corrected chi connectivity index (χ2v) is 5.95. The molecule has 7 heteroatoms. The third-order valence-corrected chi connectivity index (χ3v) is 3.91. The normalized spacial score (nSPS) is 10.1. The lowest BCUT2D eigenvalue weighted by atomic mass is 10.2. The van der Waals surface area contributed by atoms with Crippen molar-refractivity contribution >= 4 is 23.4 Å². The molecule has 0 aromatic heterocycles. The summed E-state index contributed by atoms with van der Waals surface area (Å²) in [6.45, 7) is 0.641. The Morgan fingerprint density at radius 2 is 1.58 bits per heavy atom. The van der Waals surface area contributed by atoms with Crippen LogP contribution >= 0.6 is 11.6 Å². The van der Waals surface area contributed by atoms with Crippen LogP contribution < -0.4 is 20.1 Å². The number of benzene rings is 2. The molecule has 2 aromatic rings. The smallest absolute Gasteiger partial charge is 0.251 e. The summed E-state index contributed by atoms with van der Waals surface area (Å²) in [6.07, 6.45) is 0.181. The predicted molar refractivity (Wildman–Crippen MR) is 99.8 cm³/mol. The van der Waals surface area contributed by atoms with Crippen LogP contribution in [0.5, 0.6) is 11.5 Å². The zero-order chi connectivity index (χ0) is 18.9. The van der Waals surface area contributed by atoms with Crippen molar-refractivity contribution < 1.29 is 19.1 Å². The molecule has 26 heavy (non-hydrogen) atoms. The number of halogens is 1. The van der Waals surface area contributed by atoms with Gasteiger partial charge >= 0.3 is 0 Å². The van der Waals surface area contributed by atoms with Gasteiger partial charge in [0, 0.05) is 36.2 Å². The van der Waals surface area contributed by atoms with E-state index in [0.29, 0.717) is 28.6 Å². The molecule has 138 valence electrons. The molecule has 2 aromatic carbocycles. The van der Waals surface area contributed by atoms with Crippen LogP contribution in [0.2, 0.25) is 5.02 Å². The van der Waals surface area contributed by atoms with Gasteiger partial charge in [-0.2, -0.15) is 0 Å². The van der Waals surface area contributed by atoms with Gasteiger partial charge < -0.3 is 20.1 Å². The fourth-order valence-corrected chi connectivity index (χ4v) is 2.35. The minimum atomic E-state index is -0.298. The Balaban J connectivity index is 1.78. The first-order valence-electron chi connectivity index (χ1n) is 8.04. The van der Waals surface area contributed by atoms with Crippen molar-refractivity contribution in [3.8, 4) is 11.5 Å². The Labute approximate surface area is 157 Å². The highest BCUT2D eigenvalue weighted by Crippen LogP contribution is 2.22. The fraction of sp³-hybridized carbons (Fsp3) is 0.263. The zero-order valence-corrected chi connectivity index (χ0v) is 15.4. The summed E-state index contributed by atoms with van der Waals surface area (Å²) in [4.78, 5) is 24.1. The van der Waals surface area contributed by atoms with Crippen LogP contribution in [0.4, 0.5) is 0 Å². The topological polar surface area (TPSA) is 76.7 Å². The molecule has 0 atom stereocenters. The average molecular weight is 377 g/mol. The highest BCUT2D eigenvalue weighted by Gasteiger charge is 2.10. The Morgan fingerprint density at radius 1 is 0.962 bits per heavy atom. The Bertz CT molecular complexity index is 740. The second kappa shape index (κ2) is 9.68. The molecule has 0 aliphatic rings. The summed E-state index contributed by atoms with van der Waals surface area (Å²) < 4.78 is 10.3. The molecule has 0 bridgehead atoms. The molecule has 0 saturated carbocycles. The Morgan fingerprint density at radius 3 is 2.15 bits per heavy atom. The summed E-state index contributed by atoms with van der Waals surface area (Å²) in [5, 5.41) is 6.15. The van der Waals surface area contributed by atoms with Crippen LogP contribution in [0.25, 0.3) is 0 Å². The number of hydrogen-bond acceptors (Lipinski definition) is 4. The molecule has 6 nitrogen and oxygen atoms in total. The molecule has 0 aliphatic heterocycles. The first-order valence-corrected chi connectivity index (χ1v) is 8.42. The highest BCUT2D eigenvalue weighted by atomic mass is 35.5. The van der Waals surface area contributed by atoms with Crippen LogP contribution in [0.15, 0.2) is 42.5 Å². The van der Waals surface area contributed by atoms with E-state index in [-0.39, 0.29) is 24.8 Å². The van der Waals surface area contributed by atoms with Crippen LogP contribution in [-0.4, -0.2) is 32.6 Å². The van der Waals surface area contributed by atoms with E-state index in [1.807, 2.05) is 12.1 Å². The Kier molecular flexibility index (Phi) is 7.29. The molecule has 2 rings (SSSR count). The van der Waals surface area contributed by atoms with Crippen molar-refractivity contribution in [3.63, 3.8) is 0 Å². The standard InChI is InChI=1S/C19H21ClN2O4/c1-25-16-9-14(10-17(11-16)26-2)19(24)21-8-7-18(23)22-12-13-3-5-15(20)6-4-13/h3-6,9-11H,7-8,12H2,1-2H3,(H,21,24)(H,22,23). The van der Waals surface area contributed by atoms with Gasteiger partial charge in [-0.05, 0) is 29.8 Å². The minimum absolute atomic E-state index is 0.150. The molecule has 0 unspecified atom stereocenters. The second-order valence-electron chi connectivity index (χ2n) is 5.51. The molecule has 0 spiro atoms. The SMILES string of the molecule is COc1cc(OC)cc(C(=O)NCCC(=O)NCc2ccc(Cl)cc2)c1. The molecule has 0 fully saturated rings. The van der Waals surface area contributed by atoms with Crippen molar-refractivity contribution in [1.29, 1.82) is 0 Å². The number of hydrogen-bond donors (Lipinski definition) is 2. The highest BCUT2D eigenvalue weighted by molar-refractivity contribution is 6.30. The van der Waals surface area contributed by atoms with Gasteiger partial charge in [0.2, 0.25) is 5.91 Å². The average Bonchev–Trinajstić information content (AvgIpc) is 2.66. The molecule has 2 amide bonds. The lowest BCUT2D eigenvalue weighted by Gasteiger charge is -2.09. The first kappa shape index (κ1) is 19.6. The van der Waals surface area contributed by atoms with Gasteiger partial charge in [-0.25, -0.2) is 0 Å². The molecule has 0 heterocycles. The molecule has 2 N–H and O–H groups in total. The van der Waals surface area contributed by atoms with Crippen molar-refractivity contribution in [1.82, 2.24) is 10.6 Å². The minimum Gasteiger partial charge on any atom is -0.497 e. The van der Waals surface area contributed by atoms with Gasteiger partial charge in [0.1, 0.15) is 11.5 Å². The number of ether oxygens (including phenoxy) is 2. The monoisotopic (exact) mass is 376 g/mol. The number of amides is 2. The number of carbonyl (C=O) groups excluding carboxylic acids is 2. The summed E-state index contributed by atoms with van der Waals surface area (Å²) in [5.41, 5.74) is 1.36. The van der Waals surface area contributed by atoms with E-state index in [0.717, 1.165) is 5.56 Å². The van der Waals surface area contributed by atoms with Gasteiger partial charge in [0.25, 0.3) is 5.91 Å². The van der Waals surface area contributed by atoms with Gasteiger partial charge in [-0.1, -0.05) is 23.7 Å². The fourth-order valence-electron chi connectivity index (χ4n) is 2.22. The third kappa shape index (κ3) is 5.97. The number of nitrogens with one attached hydrogen (secondary N) is 2. The van der Waals surface area contributed by atoms with Crippen LogP contribution in [0.1, 0.15) is 22.3 Å². The van der Waals surface area contributed by atoms with Crippen molar-refractivity contribution in [2.45, 2.75) is 13.0 Å². The molecular formula is C19H21ClN2O4. The van der Waals surface area contributed by atoms with E-state index in [9.17, 15) is 9.59 Å². The van der Waals surface area contributed by atoms with Crippen LogP contribution in [0.3, 0.4) is 0 Å². The maximum absolute atomic E-state index is 12.2. The van der Waals surface area contributed by atoms with Gasteiger partial charge in [-0.3, -0.25) is 9.59 Å². The van der Waals surface area contributed by atoms with E-state index in [1.54, 1.807) is 30.3 Å². The van der Waals surface area contributed by atoms with E-state index >= 15 is 0 Å². The number of methoxy groups -OCH3 is 2. The van der Waals surface area contributed by atoms with Crippen LogP contribution in [0, 0.1) is 0 Å². The maximum atomic E-state index is 12.2. The number of rotatable bonds is 8. The van der Waals surface area contributed by atoms with Crippen molar-refractivity contribution in [2.24, 2.45) is 0 Å². The quantitative estimate of drug-likeness (QED) is 0.742. The number of carbonyl (C=O) groups is 2. The zero-order valence-electron chi connectivity index (χ0n) is 14.7. The summed E-state index contributed by atoms with van der Waals surface area (Å²) in [7, 11) is 3.03. The van der Waals surface area contributed by atoms with E-state index in [4.69, 9.17) is 21.1 Å². The molecule has 0 saturated heterocycles. The van der Waals surface area contributed by atoms with Crippen LogP contribution in [-0.2, 0) is 11.3 Å². The first-order chi connectivity index (χ1) is 12.5. The summed E-state index contributed by atoms with van der Waals surface area (Å²) >= 11 is 5.82. The predicted octanol–water partition coefficient (Wildman–Crippen LogP) is 2.79. The van der Waals surface area contributed by atoms with Crippen molar-refractivity contribution in [2.75, 3.05) is 20.8 Å². The summed E-state index contributed by atoms with van der Waals surface area (Å²) in [5.74, 6) is 0.599. The Hall–Kier alpha value is -2.73. The van der Waals surface area contributed by atoms with E-state index < -0.39 is 0 Å². The molecule has 0 aliphatic carbocycles. The molecular weight excluding hydrogens is 356 g/mol. The summed E-state index contributed by atoms with van der Waals surface area (Å²) in [6, 6.07) is 12.1. The van der Waals surface area contributed by atoms with E-state index in [1.165, 1.54) is 14.2 Å². The van der Waals surface area contributed by atoms with Gasteiger partial charge in [-0.15, -0.1) is 0 Å². The van der Waals surface area contributed by atoms with E-state index in [2.05, 4.69) is 10.6 Å². The maximum Gasteiger partial charge on any atom is 0.251 e.